The molecule has 0 aliphatic carbocycles. The Hall–Kier alpha value is -2.86. The number of aromatic nitrogens is 2. The summed E-state index contributed by atoms with van der Waals surface area (Å²) in [6.07, 6.45) is 1.78. The van der Waals surface area contributed by atoms with Crippen LogP contribution in [-0.2, 0) is 0 Å². The van der Waals surface area contributed by atoms with Gasteiger partial charge < -0.3 is 9.84 Å². The predicted octanol–water partition coefficient (Wildman–Crippen LogP) is 2.17. The van der Waals surface area contributed by atoms with Crippen molar-refractivity contribution in [3.8, 4) is 11.5 Å². The summed E-state index contributed by atoms with van der Waals surface area (Å²) in [4.78, 5) is 17.8. The number of imidazole rings is 1. The van der Waals surface area contributed by atoms with Gasteiger partial charge in [0.15, 0.2) is 16.5 Å². The molecule has 4 rings (SSSR count). The summed E-state index contributed by atoms with van der Waals surface area (Å²) < 4.78 is 7.31. The van der Waals surface area contributed by atoms with Crippen LogP contribution in [0.3, 0.4) is 0 Å². The van der Waals surface area contributed by atoms with Crippen LogP contribution in [-0.4, -0.2) is 21.6 Å². The number of phenols is 1. The molecule has 23 heavy (non-hydrogen) atoms. The van der Waals surface area contributed by atoms with Crippen LogP contribution < -0.4 is 14.8 Å². The molecule has 0 spiro atoms. The molecule has 4 aromatic rings. The Balaban J connectivity index is 1.95. The third-order valence-electron chi connectivity index (χ3n) is 3.65. The van der Waals surface area contributed by atoms with Crippen LogP contribution in [0.25, 0.3) is 22.1 Å². The van der Waals surface area contributed by atoms with E-state index in [0.717, 1.165) is 16.6 Å². The Morgan fingerprint density at radius 2 is 2.09 bits per heavy atom. The first-order valence-electron chi connectivity index (χ1n) is 6.96. The highest BCUT2D eigenvalue weighted by Gasteiger charge is 2.10. The molecular formula is C17H12N2O3S. The lowest BCUT2D eigenvalue weighted by Crippen LogP contribution is -2.22. The minimum absolute atomic E-state index is 0.0685. The Morgan fingerprint density at radius 3 is 2.91 bits per heavy atom. The van der Waals surface area contributed by atoms with Crippen molar-refractivity contribution in [2.75, 3.05) is 7.11 Å². The molecule has 0 unspecified atom stereocenters. The third kappa shape index (κ3) is 2.15. The van der Waals surface area contributed by atoms with Gasteiger partial charge in [0.25, 0.3) is 5.56 Å². The van der Waals surface area contributed by atoms with Crippen molar-refractivity contribution in [2.24, 2.45) is 0 Å². The van der Waals surface area contributed by atoms with Gasteiger partial charge in [-0.1, -0.05) is 29.5 Å². The monoisotopic (exact) mass is 324 g/mol. The molecule has 0 bridgehead atoms. The number of aromatic hydroxyl groups is 1. The summed E-state index contributed by atoms with van der Waals surface area (Å²) in [5, 5.41) is 9.64. The molecule has 0 saturated carbocycles. The number of benzene rings is 2. The van der Waals surface area contributed by atoms with Crippen LogP contribution >= 0.6 is 11.3 Å². The smallest absolute Gasteiger partial charge is 0.274 e. The maximum Gasteiger partial charge on any atom is 0.274 e. The molecule has 0 aliphatic heterocycles. The van der Waals surface area contributed by atoms with E-state index in [9.17, 15) is 9.90 Å². The molecule has 2 heterocycles. The van der Waals surface area contributed by atoms with Gasteiger partial charge in [-0.2, -0.15) is 0 Å². The number of rotatable bonds is 2. The molecule has 0 aliphatic rings. The quantitative estimate of drug-likeness (QED) is 0.614. The average Bonchev–Trinajstić information content (AvgIpc) is 3.06. The van der Waals surface area contributed by atoms with E-state index in [0.29, 0.717) is 15.2 Å². The molecule has 2 aromatic heterocycles. The van der Waals surface area contributed by atoms with E-state index in [1.165, 1.54) is 18.4 Å². The molecule has 1 N–H and O–H groups in total. The standard InChI is InChI=1S/C17H12N2O3S/c1-22-14-8-10(6-7-13(14)20)9-15-16(21)19-12-5-3-2-4-11(12)18-17(19)23-15/h2-9,20H,1H3/b15-9+. The zero-order valence-corrected chi connectivity index (χ0v) is 13.0. The van der Waals surface area contributed by atoms with Crippen molar-refractivity contribution in [3.63, 3.8) is 0 Å². The molecule has 0 amide bonds. The molecule has 0 fully saturated rings. The molecule has 0 atom stereocenters. The lowest BCUT2D eigenvalue weighted by Gasteiger charge is -2.03. The van der Waals surface area contributed by atoms with Crippen LogP contribution in [0.1, 0.15) is 5.56 Å². The van der Waals surface area contributed by atoms with Crippen molar-refractivity contribution < 1.29 is 9.84 Å². The number of fused-ring (bicyclic) bond motifs is 3. The summed E-state index contributed by atoms with van der Waals surface area (Å²) in [6.45, 7) is 0. The van der Waals surface area contributed by atoms with Gasteiger partial charge in [0, 0.05) is 0 Å². The van der Waals surface area contributed by atoms with E-state index >= 15 is 0 Å². The Kier molecular flexibility index (Phi) is 3.06. The second kappa shape index (κ2) is 5.10. The van der Waals surface area contributed by atoms with Crippen LogP contribution in [0.5, 0.6) is 11.5 Å². The summed E-state index contributed by atoms with van der Waals surface area (Å²) >= 11 is 1.34. The zero-order valence-electron chi connectivity index (χ0n) is 12.2. The first kappa shape index (κ1) is 13.8. The van der Waals surface area contributed by atoms with Crippen LogP contribution in [0.15, 0.2) is 47.3 Å². The number of para-hydroxylation sites is 2. The maximum absolute atomic E-state index is 12.7. The van der Waals surface area contributed by atoms with E-state index in [1.54, 1.807) is 28.7 Å². The number of ether oxygens (including phenoxy) is 1. The van der Waals surface area contributed by atoms with Crippen molar-refractivity contribution in [1.82, 2.24) is 9.38 Å². The first-order valence-corrected chi connectivity index (χ1v) is 7.78. The van der Waals surface area contributed by atoms with Gasteiger partial charge in [0.2, 0.25) is 0 Å². The molecule has 0 saturated heterocycles. The van der Waals surface area contributed by atoms with Crippen LogP contribution in [0.4, 0.5) is 0 Å². The largest absolute Gasteiger partial charge is 0.504 e. The second-order valence-electron chi connectivity index (χ2n) is 5.07. The third-order valence-corrected chi connectivity index (χ3v) is 4.62. The fourth-order valence-corrected chi connectivity index (χ4v) is 3.53. The minimum Gasteiger partial charge on any atom is -0.504 e. The number of phenolic OH excluding ortho intramolecular Hbond substituents is 1. The zero-order chi connectivity index (χ0) is 16.0. The van der Waals surface area contributed by atoms with E-state index in [1.807, 2.05) is 24.3 Å². The van der Waals surface area contributed by atoms with Crippen LogP contribution in [0, 0.1) is 0 Å². The molecule has 0 radical (unpaired) electrons. The van der Waals surface area contributed by atoms with Gasteiger partial charge in [-0.15, -0.1) is 0 Å². The Bertz CT molecular complexity index is 1140. The predicted molar refractivity (Wildman–Crippen MR) is 90.3 cm³/mol. The molecule has 2 aromatic carbocycles. The van der Waals surface area contributed by atoms with E-state index in [2.05, 4.69) is 4.98 Å². The number of nitrogens with zero attached hydrogens (tertiary/aromatic N) is 2. The molecular weight excluding hydrogens is 312 g/mol. The normalized spacial score (nSPS) is 12.3. The van der Waals surface area contributed by atoms with Crippen molar-refractivity contribution in [2.45, 2.75) is 0 Å². The topological polar surface area (TPSA) is 63.8 Å². The minimum atomic E-state index is -0.0919. The summed E-state index contributed by atoms with van der Waals surface area (Å²) in [5.74, 6) is 0.442. The van der Waals surface area contributed by atoms with E-state index < -0.39 is 0 Å². The Labute approximate surface area is 134 Å². The van der Waals surface area contributed by atoms with Gasteiger partial charge >= 0.3 is 0 Å². The number of thiazole rings is 1. The van der Waals surface area contributed by atoms with Gasteiger partial charge in [0.1, 0.15) is 0 Å². The lowest BCUT2D eigenvalue weighted by atomic mass is 10.2. The molecule has 114 valence electrons. The van der Waals surface area contributed by atoms with E-state index in [-0.39, 0.29) is 11.3 Å². The van der Waals surface area contributed by atoms with Crippen molar-refractivity contribution in [1.29, 1.82) is 0 Å². The van der Waals surface area contributed by atoms with Crippen molar-refractivity contribution >= 4 is 33.4 Å². The number of hydrogen-bond donors (Lipinski definition) is 1. The maximum atomic E-state index is 12.7. The highest BCUT2D eigenvalue weighted by molar-refractivity contribution is 7.15. The van der Waals surface area contributed by atoms with Gasteiger partial charge in [-0.25, -0.2) is 9.38 Å². The summed E-state index contributed by atoms with van der Waals surface area (Å²) in [5.41, 5.74) is 2.32. The number of methoxy groups -OCH3 is 1. The SMILES string of the molecule is COc1cc(/C=c2/sc3nc4ccccc4n3c2=O)ccc1O. The fourth-order valence-electron chi connectivity index (χ4n) is 2.55. The fraction of sp³-hybridized carbons (Fsp3) is 0.0588. The second-order valence-corrected chi connectivity index (χ2v) is 6.07. The van der Waals surface area contributed by atoms with Gasteiger partial charge in [-0.05, 0) is 35.9 Å². The highest BCUT2D eigenvalue weighted by Crippen LogP contribution is 2.26. The van der Waals surface area contributed by atoms with Gasteiger partial charge in [0.05, 0.1) is 22.7 Å². The van der Waals surface area contributed by atoms with E-state index in [4.69, 9.17) is 4.74 Å². The molecule has 5 nitrogen and oxygen atoms in total. The summed E-state index contributed by atoms with van der Waals surface area (Å²) in [7, 11) is 1.49. The van der Waals surface area contributed by atoms with Gasteiger partial charge in [-0.3, -0.25) is 4.79 Å². The highest BCUT2D eigenvalue weighted by atomic mass is 32.1. The average molecular weight is 324 g/mol. The van der Waals surface area contributed by atoms with Crippen LogP contribution in [0.2, 0.25) is 0 Å². The summed E-state index contributed by atoms with van der Waals surface area (Å²) in [6, 6.07) is 12.5. The number of hydrogen-bond acceptors (Lipinski definition) is 5. The lowest BCUT2D eigenvalue weighted by molar-refractivity contribution is 0.373. The first-order chi connectivity index (χ1) is 11.2. The van der Waals surface area contributed by atoms with Crippen molar-refractivity contribution in [3.05, 3.63) is 62.9 Å². The molecule has 6 heteroatoms. The Morgan fingerprint density at radius 1 is 1.26 bits per heavy atom.